The molecular weight excluding hydrogens is 292 g/mol. The van der Waals surface area contributed by atoms with Crippen LogP contribution in [0.25, 0.3) is 0 Å². The van der Waals surface area contributed by atoms with Gasteiger partial charge in [0.15, 0.2) is 0 Å². The Bertz CT molecular complexity index is 345. The van der Waals surface area contributed by atoms with E-state index in [1.54, 1.807) is 0 Å². The third kappa shape index (κ3) is 4.71. The Morgan fingerprint density at radius 2 is 2.22 bits per heavy atom. The molecule has 1 atom stereocenters. The zero-order chi connectivity index (χ0) is 13.5. The van der Waals surface area contributed by atoms with Crippen LogP contribution in [0.1, 0.15) is 25.5 Å². The van der Waals surface area contributed by atoms with E-state index in [0.717, 1.165) is 30.4 Å². The van der Waals surface area contributed by atoms with E-state index in [1.807, 2.05) is 13.2 Å². The molecule has 104 valence electrons. The fraction of sp³-hybridized carbons (Fsp3) is 0.769. The highest BCUT2D eigenvalue weighted by atomic mass is 79.9. The van der Waals surface area contributed by atoms with E-state index in [9.17, 15) is 0 Å². The van der Waals surface area contributed by atoms with E-state index >= 15 is 0 Å². The number of nitrogens with zero attached hydrogens (tertiary/aromatic N) is 3. The van der Waals surface area contributed by atoms with Crippen LogP contribution in [0.4, 0.5) is 0 Å². The predicted octanol–water partition coefficient (Wildman–Crippen LogP) is 2.14. The van der Waals surface area contributed by atoms with Crippen LogP contribution < -0.4 is 5.32 Å². The quantitative estimate of drug-likeness (QED) is 0.797. The van der Waals surface area contributed by atoms with Crippen LogP contribution in [-0.2, 0) is 13.0 Å². The van der Waals surface area contributed by atoms with Gasteiger partial charge in [-0.15, -0.1) is 0 Å². The molecule has 0 aromatic carbocycles. The Labute approximate surface area is 119 Å². The van der Waals surface area contributed by atoms with Crippen molar-refractivity contribution >= 4 is 15.9 Å². The number of likely N-dealkylation sites (N-methyl/N-ethyl adjacent to an activating group) is 1. The maximum Gasteiger partial charge on any atom is 0.0635 e. The van der Waals surface area contributed by atoms with E-state index < -0.39 is 0 Å². The molecule has 0 saturated heterocycles. The second kappa shape index (κ2) is 7.92. The first-order valence-electron chi connectivity index (χ1n) is 6.60. The number of halogens is 1. The normalized spacial score (nSPS) is 13.2. The molecule has 0 saturated carbocycles. The SMILES string of the molecule is CCC(CCc1c(Br)cnn1CCN(C)C)NC. The number of aromatic nitrogens is 2. The summed E-state index contributed by atoms with van der Waals surface area (Å²) in [6, 6.07) is 0.592. The average Bonchev–Trinajstić information content (AvgIpc) is 2.69. The lowest BCUT2D eigenvalue weighted by Gasteiger charge is -2.15. The van der Waals surface area contributed by atoms with Crippen molar-refractivity contribution in [3.05, 3.63) is 16.4 Å². The molecule has 18 heavy (non-hydrogen) atoms. The first-order valence-corrected chi connectivity index (χ1v) is 7.40. The summed E-state index contributed by atoms with van der Waals surface area (Å²) in [7, 11) is 6.21. The largest absolute Gasteiger partial charge is 0.317 e. The minimum absolute atomic E-state index is 0.592. The Morgan fingerprint density at radius 1 is 1.50 bits per heavy atom. The van der Waals surface area contributed by atoms with Crippen LogP contribution in [0.15, 0.2) is 10.7 Å². The van der Waals surface area contributed by atoms with Gasteiger partial charge in [0.25, 0.3) is 0 Å². The van der Waals surface area contributed by atoms with Crippen LogP contribution in [0.5, 0.6) is 0 Å². The van der Waals surface area contributed by atoms with Crippen molar-refractivity contribution in [3.8, 4) is 0 Å². The number of rotatable bonds is 8. The number of nitrogens with one attached hydrogen (secondary N) is 1. The lowest BCUT2D eigenvalue weighted by Crippen LogP contribution is -2.25. The molecule has 1 rings (SSSR count). The van der Waals surface area contributed by atoms with Gasteiger partial charge >= 0.3 is 0 Å². The molecule has 0 fully saturated rings. The topological polar surface area (TPSA) is 33.1 Å². The van der Waals surface area contributed by atoms with Crippen LogP contribution in [0, 0.1) is 0 Å². The summed E-state index contributed by atoms with van der Waals surface area (Å²) in [6.07, 6.45) is 5.29. The average molecular weight is 317 g/mol. The third-order valence-electron chi connectivity index (χ3n) is 3.29. The molecule has 1 heterocycles. The van der Waals surface area contributed by atoms with Gasteiger partial charge in [-0.3, -0.25) is 4.68 Å². The first-order chi connectivity index (χ1) is 8.58. The lowest BCUT2D eigenvalue weighted by molar-refractivity contribution is 0.367. The van der Waals surface area contributed by atoms with Crippen molar-refractivity contribution in [1.29, 1.82) is 0 Å². The fourth-order valence-corrected chi connectivity index (χ4v) is 2.48. The van der Waals surface area contributed by atoms with Crippen molar-refractivity contribution in [2.24, 2.45) is 0 Å². The molecule has 1 unspecified atom stereocenters. The van der Waals surface area contributed by atoms with Crippen molar-refractivity contribution in [2.75, 3.05) is 27.7 Å². The van der Waals surface area contributed by atoms with Crippen LogP contribution in [-0.4, -0.2) is 48.4 Å². The molecule has 0 spiro atoms. The predicted molar refractivity (Wildman–Crippen MR) is 79.9 cm³/mol. The Hall–Kier alpha value is -0.390. The lowest BCUT2D eigenvalue weighted by atomic mass is 10.1. The monoisotopic (exact) mass is 316 g/mol. The van der Waals surface area contributed by atoms with E-state index in [0.29, 0.717) is 6.04 Å². The zero-order valence-electron chi connectivity index (χ0n) is 11.9. The molecule has 0 aliphatic carbocycles. The smallest absolute Gasteiger partial charge is 0.0635 e. The Morgan fingerprint density at radius 3 is 2.78 bits per heavy atom. The van der Waals surface area contributed by atoms with Crippen molar-refractivity contribution in [3.63, 3.8) is 0 Å². The summed E-state index contributed by atoms with van der Waals surface area (Å²) in [5.74, 6) is 0. The van der Waals surface area contributed by atoms with Crippen molar-refractivity contribution in [1.82, 2.24) is 20.0 Å². The summed E-state index contributed by atoms with van der Waals surface area (Å²) in [6.45, 7) is 4.19. The van der Waals surface area contributed by atoms with Gasteiger partial charge in [-0.2, -0.15) is 5.10 Å². The minimum atomic E-state index is 0.592. The van der Waals surface area contributed by atoms with Gasteiger partial charge in [0.2, 0.25) is 0 Å². The Kier molecular flexibility index (Phi) is 6.89. The van der Waals surface area contributed by atoms with E-state index in [4.69, 9.17) is 0 Å². The minimum Gasteiger partial charge on any atom is -0.317 e. The van der Waals surface area contributed by atoms with Gasteiger partial charge in [0, 0.05) is 12.6 Å². The van der Waals surface area contributed by atoms with Gasteiger partial charge in [0.1, 0.15) is 0 Å². The van der Waals surface area contributed by atoms with E-state index in [2.05, 4.69) is 56.9 Å². The number of hydrogen-bond acceptors (Lipinski definition) is 3. The molecule has 0 aliphatic rings. The summed E-state index contributed by atoms with van der Waals surface area (Å²) >= 11 is 3.60. The van der Waals surface area contributed by atoms with Crippen LogP contribution in [0.2, 0.25) is 0 Å². The summed E-state index contributed by atoms with van der Waals surface area (Å²) in [5.41, 5.74) is 1.31. The van der Waals surface area contributed by atoms with Gasteiger partial charge in [0.05, 0.1) is 22.9 Å². The molecule has 1 N–H and O–H groups in total. The number of hydrogen-bond donors (Lipinski definition) is 1. The molecular formula is C13H25BrN4. The van der Waals surface area contributed by atoms with Gasteiger partial charge in [-0.1, -0.05) is 6.92 Å². The molecule has 0 aliphatic heterocycles. The second-order valence-electron chi connectivity index (χ2n) is 4.90. The van der Waals surface area contributed by atoms with Crippen molar-refractivity contribution < 1.29 is 0 Å². The first kappa shape index (κ1) is 15.7. The highest BCUT2D eigenvalue weighted by Gasteiger charge is 2.11. The zero-order valence-corrected chi connectivity index (χ0v) is 13.5. The summed E-state index contributed by atoms with van der Waals surface area (Å²) in [4.78, 5) is 2.18. The molecule has 0 amide bonds. The van der Waals surface area contributed by atoms with Crippen LogP contribution >= 0.6 is 15.9 Å². The Balaban J connectivity index is 2.60. The molecule has 5 heteroatoms. The molecule has 1 aromatic rings. The standard InChI is InChI=1S/C13H25BrN4/c1-5-11(15-2)6-7-13-12(14)10-16-18(13)9-8-17(3)4/h10-11,15H,5-9H2,1-4H3. The molecule has 4 nitrogen and oxygen atoms in total. The highest BCUT2D eigenvalue weighted by molar-refractivity contribution is 9.10. The summed E-state index contributed by atoms with van der Waals surface area (Å²) in [5, 5.41) is 7.79. The van der Waals surface area contributed by atoms with Crippen LogP contribution in [0.3, 0.4) is 0 Å². The maximum absolute atomic E-state index is 4.44. The van der Waals surface area contributed by atoms with Gasteiger partial charge in [-0.25, -0.2) is 0 Å². The maximum atomic E-state index is 4.44. The van der Waals surface area contributed by atoms with E-state index in [-0.39, 0.29) is 0 Å². The molecule has 0 bridgehead atoms. The third-order valence-corrected chi connectivity index (χ3v) is 3.95. The molecule has 1 aromatic heterocycles. The molecule has 0 radical (unpaired) electrons. The highest BCUT2D eigenvalue weighted by Crippen LogP contribution is 2.18. The second-order valence-corrected chi connectivity index (χ2v) is 5.75. The van der Waals surface area contributed by atoms with E-state index in [1.165, 1.54) is 12.1 Å². The fourth-order valence-electron chi connectivity index (χ4n) is 1.99. The van der Waals surface area contributed by atoms with Gasteiger partial charge in [-0.05, 0) is 56.3 Å². The van der Waals surface area contributed by atoms with Gasteiger partial charge < -0.3 is 10.2 Å². The summed E-state index contributed by atoms with van der Waals surface area (Å²) < 4.78 is 3.25. The van der Waals surface area contributed by atoms with Crippen molar-refractivity contribution in [2.45, 2.75) is 38.8 Å².